The van der Waals surface area contributed by atoms with Crippen LogP contribution in [0.25, 0.3) is 0 Å². The molecule has 0 saturated carbocycles. The number of rotatable bonds is 5. The highest BCUT2D eigenvalue weighted by Gasteiger charge is 2.23. The fourth-order valence-corrected chi connectivity index (χ4v) is 2.91. The molecule has 4 heteroatoms. The number of hydrogen-bond donors (Lipinski definition) is 1. The monoisotopic (exact) mass is 289 g/mol. The van der Waals surface area contributed by atoms with Gasteiger partial charge in [-0.2, -0.15) is 0 Å². The van der Waals surface area contributed by atoms with Gasteiger partial charge in [-0.05, 0) is 35.0 Å². The Morgan fingerprint density at radius 1 is 1.60 bits per heavy atom. The minimum atomic E-state index is 0.0700. The molecular formula is C11H16BrNOS. The first-order chi connectivity index (χ1) is 7.06. The van der Waals surface area contributed by atoms with Crippen LogP contribution in [0.2, 0.25) is 0 Å². The third kappa shape index (κ3) is 3.40. The van der Waals surface area contributed by atoms with Crippen LogP contribution in [0.4, 0.5) is 0 Å². The molecule has 0 saturated heterocycles. The van der Waals surface area contributed by atoms with E-state index in [0.717, 1.165) is 15.9 Å². The molecule has 0 aromatic carbocycles. The first kappa shape index (κ1) is 12.9. The second kappa shape index (κ2) is 5.77. The van der Waals surface area contributed by atoms with Gasteiger partial charge in [-0.1, -0.05) is 13.8 Å². The largest absolute Gasteiger partial charge is 0.319 e. The quantitative estimate of drug-likeness (QED) is 0.844. The minimum Gasteiger partial charge on any atom is -0.319 e. The highest BCUT2D eigenvalue weighted by Crippen LogP contribution is 2.24. The summed E-state index contributed by atoms with van der Waals surface area (Å²) in [7, 11) is 1.88. The lowest BCUT2D eigenvalue weighted by molar-refractivity contribution is 0.0890. The number of carbonyl (C=O) groups is 1. The first-order valence-corrected chi connectivity index (χ1v) is 6.66. The van der Waals surface area contributed by atoms with Crippen molar-refractivity contribution in [3.8, 4) is 0 Å². The maximum absolute atomic E-state index is 12.1. The molecule has 0 aliphatic rings. The maximum atomic E-state index is 12.1. The molecule has 0 aliphatic heterocycles. The summed E-state index contributed by atoms with van der Waals surface area (Å²) in [6, 6.07) is 1.90. The summed E-state index contributed by atoms with van der Waals surface area (Å²) in [5.74, 6) is 0.682. The summed E-state index contributed by atoms with van der Waals surface area (Å²) in [4.78, 5) is 13.0. The van der Waals surface area contributed by atoms with Gasteiger partial charge in [0, 0.05) is 22.3 Å². The Hall–Kier alpha value is -0.190. The molecule has 1 rings (SSSR count). The molecule has 1 aromatic rings. The van der Waals surface area contributed by atoms with E-state index >= 15 is 0 Å². The molecule has 1 aromatic heterocycles. The van der Waals surface area contributed by atoms with Crippen molar-refractivity contribution >= 4 is 33.0 Å². The predicted molar refractivity (Wildman–Crippen MR) is 68.6 cm³/mol. The van der Waals surface area contributed by atoms with Crippen LogP contribution in [0.15, 0.2) is 15.9 Å². The predicted octanol–water partition coefficient (Wildman–Crippen LogP) is 3.18. The minimum absolute atomic E-state index is 0.0700. The fourth-order valence-electron chi connectivity index (χ4n) is 1.48. The van der Waals surface area contributed by atoms with Gasteiger partial charge in [-0.25, -0.2) is 0 Å². The van der Waals surface area contributed by atoms with Crippen molar-refractivity contribution in [2.45, 2.75) is 13.8 Å². The van der Waals surface area contributed by atoms with Crippen molar-refractivity contribution in [3.05, 3.63) is 20.8 Å². The zero-order valence-electron chi connectivity index (χ0n) is 9.21. The van der Waals surface area contributed by atoms with E-state index in [1.54, 1.807) is 0 Å². The Kier molecular flexibility index (Phi) is 4.96. The summed E-state index contributed by atoms with van der Waals surface area (Å²) < 4.78 is 0.989. The molecule has 1 atom stereocenters. The van der Waals surface area contributed by atoms with E-state index in [1.807, 2.05) is 18.5 Å². The van der Waals surface area contributed by atoms with Crippen LogP contribution in [-0.4, -0.2) is 19.4 Å². The average molecular weight is 290 g/mol. The smallest absolute Gasteiger partial charge is 0.177 e. The van der Waals surface area contributed by atoms with Gasteiger partial charge in [0.15, 0.2) is 5.78 Å². The number of ketones is 1. The second-order valence-electron chi connectivity index (χ2n) is 3.90. The molecular weight excluding hydrogens is 274 g/mol. The van der Waals surface area contributed by atoms with E-state index in [9.17, 15) is 4.79 Å². The van der Waals surface area contributed by atoms with E-state index in [0.29, 0.717) is 5.92 Å². The van der Waals surface area contributed by atoms with Crippen LogP contribution < -0.4 is 5.32 Å². The lowest BCUT2D eigenvalue weighted by atomic mass is 9.91. The van der Waals surface area contributed by atoms with Gasteiger partial charge in [-0.15, -0.1) is 11.3 Å². The Morgan fingerprint density at radius 2 is 2.27 bits per heavy atom. The molecule has 1 unspecified atom stereocenters. The van der Waals surface area contributed by atoms with Crippen molar-refractivity contribution in [1.82, 2.24) is 5.32 Å². The van der Waals surface area contributed by atoms with Crippen LogP contribution in [0.3, 0.4) is 0 Å². The van der Waals surface area contributed by atoms with Crippen LogP contribution in [0, 0.1) is 11.8 Å². The maximum Gasteiger partial charge on any atom is 0.177 e. The average Bonchev–Trinajstić information content (AvgIpc) is 2.59. The van der Waals surface area contributed by atoms with Gasteiger partial charge in [0.2, 0.25) is 0 Å². The summed E-state index contributed by atoms with van der Waals surface area (Å²) in [5, 5.41) is 5.03. The second-order valence-corrected chi connectivity index (χ2v) is 5.73. The zero-order valence-corrected chi connectivity index (χ0v) is 11.6. The molecule has 1 heterocycles. The van der Waals surface area contributed by atoms with Crippen molar-refractivity contribution < 1.29 is 4.79 Å². The highest BCUT2D eigenvalue weighted by atomic mass is 79.9. The van der Waals surface area contributed by atoms with Gasteiger partial charge in [0.1, 0.15) is 0 Å². The first-order valence-electron chi connectivity index (χ1n) is 4.99. The molecule has 0 fully saturated rings. The van der Waals surface area contributed by atoms with E-state index in [-0.39, 0.29) is 11.7 Å². The molecule has 0 radical (unpaired) electrons. The lowest BCUT2D eigenvalue weighted by Gasteiger charge is -2.18. The molecule has 84 valence electrons. The Bertz CT molecular complexity index is 335. The van der Waals surface area contributed by atoms with E-state index in [2.05, 4.69) is 35.1 Å². The number of thiophene rings is 1. The SMILES string of the molecule is CNCC(C(=O)c1cc(Br)cs1)C(C)C. The molecule has 0 amide bonds. The highest BCUT2D eigenvalue weighted by molar-refractivity contribution is 9.10. The van der Waals surface area contributed by atoms with E-state index in [1.165, 1.54) is 11.3 Å². The van der Waals surface area contributed by atoms with Crippen molar-refractivity contribution in [2.24, 2.45) is 11.8 Å². The lowest BCUT2D eigenvalue weighted by Crippen LogP contribution is -2.30. The molecule has 15 heavy (non-hydrogen) atoms. The van der Waals surface area contributed by atoms with Gasteiger partial charge in [0.05, 0.1) is 4.88 Å². The van der Waals surface area contributed by atoms with Gasteiger partial charge in [0.25, 0.3) is 0 Å². The normalized spacial score (nSPS) is 13.1. The van der Waals surface area contributed by atoms with Crippen LogP contribution in [0.5, 0.6) is 0 Å². The van der Waals surface area contributed by atoms with Gasteiger partial charge < -0.3 is 5.32 Å². The zero-order chi connectivity index (χ0) is 11.4. The van der Waals surface area contributed by atoms with Crippen LogP contribution in [0.1, 0.15) is 23.5 Å². The Morgan fingerprint density at radius 3 is 2.67 bits per heavy atom. The van der Waals surface area contributed by atoms with E-state index < -0.39 is 0 Å². The molecule has 2 nitrogen and oxygen atoms in total. The fraction of sp³-hybridized carbons (Fsp3) is 0.545. The van der Waals surface area contributed by atoms with Crippen LogP contribution >= 0.6 is 27.3 Å². The van der Waals surface area contributed by atoms with Crippen molar-refractivity contribution in [2.75, 3.05) is 13.6 Å². The summed E-state index contributed by atoms with van der Waals surface area (Å²) in [6.45, 7) is 4.91. The third-order valence-corrected chi connectivity index (χ3v) is 4.08. The van der Waals surface area contributed by atoms with Gasteiger partial charge in [-0.3, -0.25) is 4.79 Å². The number of carbonyl (C=O) groups excluding carboxylic acids is 1. The number of Topliss-reactive ketones (excluding diaryl/α,β-unsaturated/α-hetero) is 1. The number of halogens is 1. The molecule has 1 N–H and O–H groups in total. The third-order valence-electron chi connectivity index (χ3n) is 2.38. The Balaban J connectivity index is 2.80. The van der Waals surface area contributed by atoms with Crippen molar-refractivity contribution in [1.29, 1.82) is 0 Å². The van der Waals surface area contributed by atoms with Crippen molar-refractivity contribution in [3.63, 3.8) is 0 Å². The molecule has 0 spiro atoms. The molecule has 0 bridgehead atoms. The van der Waals surface area contributed by atoms with Crippen LogP contribution in [-0.2, 0) is 0 Å². The van der Waals surface area contributed by atoms with Gasteiger partial charge >= 0.3 is 0 Å². The number of hydrogen-bond acceptors (Lipinski definition) is 3. The number of nitrogens with one attached hydrogen (secondary N) is 1. The summed E-state index contributed by atoms with van der Waals surface area (Å²) in [5.41, 5.74) is 0. The standard InChI is InChI=1S/C11H16BrNOS/c1-7(2)9(5-13-3)11(14)10-4-8(12)6-15-10/h4,6-7,9,13H,5H2,1-3H3. The van der Waals surface area contributed by atoms with E-state index in [4.69, 9.17) is 0 Å². The summed E-state index contributed by atoms with van der Waals surface area (Å²) >= 11 is 4.87. The molecule has 0 aliphatic carbocycles. The Labute approximate surface area is 103 Å². The topological polar surface area (TPSA) is 29.1 Å². The summed E-state index contributed by atoms with van der Waals surface area (Å²) in [6.07, 6.45) is 0.